The van der Waals surface area contributed by atoms with E-state index in [-0.39, 0.29) is 17.9 Å². The van der Waals surface area contributed by atoms with Gasteiger partial charge in [0, 0.05) is 9.26 Å². The molecule has 0 saturated heterocycles. The molecule has 1 aliphatic rings. The normalized spacial score (nSPS) is 17.4. The molecule has 1 atom stereocenters. The monoisotopic (exact) mass is 368 g/mol. The maximum Gasteiger partial charge on any atom is 0.255 e. The third kappa shape index (κ3) is 2.42. The van der Waals surface area contributed by atoms with E-state index in [4.69, 9.17) is 0 Å². The fourth-order valence-electron chi connectivity index (χ4n) is 2.05. The summed E-state index contributed by atoms with van der Waals surface area (Å²) in [6.45, 7) is 0. The van der Waals surface area contributed by atoms with Crippen molar-refractivity contribution in [2.75, 3.05) is 5.32 Å². The average molecular weight is 368 g/mol. The number of hydrogen-bond donors (Lipinski definition) is 2. The van der Waals surface area contributed by atoms with E-state index in [1.807, 2.05) is 18.2 Å². The fourth-order valence-corrected chi connectivity index (χ4v) is 2.54. The molecule has 2 N–H and O–H groups in total. The lowest BCUT2D eigenvalue weighted by molar-refractivity contribution is 0.0935. The Morgan fingerprint density at radius 2 is 1.79 bits per heavy atom. The SMILES string of the molecule is O=C1NC(c2ccc(F)cc2)Nc2ccc(I)cc21. The molecule has 3 nitrogen and oxygen atoms in total. The van der Waals surface area contributed by atoms with Crippen molar-refractivity contribution >= 4 is 34.2 Å². The molecule has 0 saturated carbocycles. The van der Waals surface area contributed by atoms with Gasteiger partial charge in [0.1, 0.15) is 12.0 Å². The van der Waals surface area contributed by atoms with Crippen molar-refractivity contribution in [1.29, 1.82) is 0 Å². The van der Waals surface area contributed by atoms with Crippen molar-refractivity contribution in [2.24, 2.45) is 0 Å². The highest BCUT2D eigenvalue weighted by Crippen LogP contribution is 2.27. The molecule has 1 unspecified atom stereocenters. The molecule has 1 heterocycles. The second-order valence-electron chi connectivity index (χ2n) is 4.29. The zero-order valence-corrected chi connectivity index (χ0v) is 11.9. The van der Waals surface area contributed by atoms with Gasteiger partial charge in [-0.15, -0.1) is 0 Å². The smallest absolute Gasteiger partial charge is 0.255 e. The van der Waals surface area contributed by atoms with Crippen LogP contribution in [0.2, 0.25) is 0 Å². The zero-order valence-electron chi connectivity index (χ0n) is 9.78. The van der Waals surface area contributed by atoms with Gasteiger partial charge >= 0.3 is 0 Å². The third-order valence-electron chi connectivity index (χ3n) is 3.00. The van der Waals surface area contributed by atoms with E-state index in [2.05, 4.69) is 33.2 Å². The third-order valence-corrected chi connectivity index (χ3v) is 3.68. The molecule has 2 aromatic carbocycles. The summed E-state index contributed by atoms with van der Waals surface area (Å²) in [4.78, 5) is 12.1. The van der Waals surface area contributed by atoms with Gasteiger partial charge < -0.3 is 10.6 Å². The van der Waals surface area contributed by atoms with E-state index in [1.54, 1.807) is 12.1 Å². The molecule has 1 amide bonds. The van der Waals surface area contributed by atoms with Gasteiger partial charge in [-0.05, 0) is 58.5 Å². The molecule has 2 aromatic rings. The van der Waals surface area contributed by atoms with Crippen LogP contribution in [0.25, 0.3) is 0 Å². The Bertz CT molecular complexity index is 642. The lowest BCUT2D eigenvalue weighted by Gasteiger charge is -2.28. The molecular formula is C14H10FIN2O. The number of carbonyl (C=O) groups excluding carboxylic acids is 1. The highest BCUT2D eigenvalue weighted by Gasteiger charge is 2.24. The number of amides is 1. The summed E-state index contributed by atoms with van der Waals surface area (Å²) in [6.07, 6.45) is -0.333. The molecule has 1 aliphatic heterocycles. The van der Waals surface area contributed by atoms with Crippen LogP contribution in [0.1, 0.15) is 22.1 Å². The van der Waals surface area contributed by atoms with Gasteiger partial charge in [0.25, 0.3) is 5.91 Å². The zero-order chi connectivity index (χ0) is 13.4. The first-order valence-electron chi connectivity index (χ1n) is 5.76. The number of anilines is 1. The summed E-state index contributed by atoms with van der Waals surface area (Å²) in [5.41, 5.74) is 2.24. The number of hydrogen-bond acceptors (Lipinski definition) is 2. The second-order valence-corrected chi connectivity index (χ2v) is 5.54. The highest BCUT2D eigenvalue weighted by atomic mass is 127. The minimum atomic E-state index is -0.333. The maximum atomic E-state index is 12.9. The van der Waals surface area contributed by atoms with Crippen LogP contribution in [0.4, 0.5) is 10.1 Å². The Morgan fingerprint density at radius 3 is 2.53 bits per heavy atom. The molecule has 3 rings (SSSR count). The maximum absolute atomic E-state index is 12.9. The van der Waals surface area contributed by atoms with Crippen molar-refractivity contribution in [3.05, 3.63) is 63.0 Å². The lowest BCUT2D eigenvalue weighted by Crippen LogP contribution is -2.38. The van der Waals surface area contributed by atoms with Gasteiger partial charge in [0.15, 0.2) is 0 Å². The van der Waals surface area contributed by atoms with Crippen LogP contribution >= 0.6 is 22.6 Å². The van der Waals surface area contributed by atoms with Crippen LogP contribution in [-0.4, -0.2) is 5.91 Å². The lowest BCUT2D eigenvalue weighted by atomic mass is 10.1. The number of fused-ring (bicyclic) bond motifs is 1. The molecule has 0 aliphatic carbocycles. The summed E-state index contributed by atoms with van der Waals surface area (Å²) in [5, 5.41) is 6.09. The largest absolute Gasteiger partial charge is 0.361 e. The first-order valence-corrected chi connectivity index (χ1v) is 6.84. The van der Waals surface area contributed by atoms with Crippen molar-refractivity contribution in [3.63, 3.8) is 0 Å². The van der Waals surface area contributed by atoms with E-state index in [0.717, 1.165) is 14.8 Å². The van der Waals surface area contributed by atoms with Crippen molar-refractivity contribution < 1.29 is 9.18 Å². The summed E-state index contributed by atoms with van der Waals surface area (Å²) in [6, 6.07) is 11.7. The highest BCUT2D eigenvalue weighted by molar-refractivity contribution is 14.1. The van der Waals surface area contributed by atoms with E-state index >= 15 is 0 Å². The Balaban J connectivity index is 1.95. The number of rotatable bonds is 1. The van der Waals surface area contributed by atoms with Gasteiger partial charge in [-0.2, -0.15) is 0 Å². The summed E-state index contributed by atoms with van der Waals surface area (Å²) >= 11 is 2.17. The number of halogens is 2. The van der Waals surface area contributed by atoms with E-state index in [0.29, 0.717) is 5.56 Å². The van der Waals surface area contributed by atoms with Crippen LogP contribution in [0, 0.1) is 9.39 Å². The van der Waals surface area contributed by atoms with Crippen LogP contribution in [0.5, 0.6) is 0 Å². The van der Waals surface area contributed by atoms with Crippen LogP contribution < -0.4 is 10.6 Å². The van der Waals surface area contributed by atoms with E-state index < -0.39 is 0 Å². The molecule has 0 fully saturated rings. The number of nitrogens with one attached hydrogen (secondary N) is 2. The van der Waals surface area contributed by atoms with Crippen LogP contribution in [0.15, 0.2) is 42.5 Å². The predicted octanol–water partition coefficient (Wildman–Crippen LogP) is 3.28. The molecule has 5 heteroatoms. The summed E-state index contributed by atoms with van der Waals surface area (Å²) in [7, 11) is 0. The molecular weight excluding hydrogens is 358 g/mol. The van der Waals surface area contributed by atoms with E-state index in [9.17, 15) is 9.18 Å². The molecule has 0 radical (unpaired) electrons. The summed E-state index contributed by atoms with van der Waals surface area (Å²) in [5.74, 6) is -0.414. The minimum absolute atomic E-state index is 0.124. The first-order chi connectivity index (χ1) is 9.13. The molecule has 0 aromatic heterocycles. The molecule has 0 spiro atoms. The fraction of sp³-hybridized carbons (Fsp3) is 0.0714. The topological polar surface area (TPSA) is 41.1 Å². The van der Waals surface area contributed by atoms with Gasteiger partial charge in [-0.25, -0.2) is 4.39 Å². The van der Waals surface area contributed by atoms with E-state index in [1.165, 1.54) is 12.1 Å². The quantitative estimate of drug-likeness (QED) is 0.759. The summed E-state index contributed by atoms with van der Waals surface area (Å²) < 4.78 is 13.9. The average Bonchev–Trinajstić information content (AvgIpc) is 2.40. The van der Waals surface area contributed by atoms with Gasteiger partial charge in [-0.3, -0.25) is 4.79 Å². The Kier molecular flexibility index (Phi) is 3.14. The minimum Gasteiger partial charge on any atom is -0.361 e. The van der Waals surface area contributed by atoms with Crippen molar-refractivity contribution in [2.45, 2.75) is 6.17 Å². The van der Waals surface area contributed by atoms with Crippen LogP contribution in [0.3, 0.4) is 0 Å². The predicted molar refractivity (Wildman–Crippen MR) is 79.4 cm³/mol. The molecule has 19 heavy (non-hydrogen) atoms. The standard InChI is InChI=1S/C14H10FIN2O/c15-9-3-1-8(2-4-9)13-17-12-6-5-10(16)7-11(12)14(19)18-13/h1-7,13,17H,(H,18,19). The van der Waals surface area contributed by atoms with Gasteiger partial charge in [0.2, 0.25) is 0 Å². The first kappa shape index (κ1) is 12.4. The van der Waals surface area contributed by atoms with Crippen molar-refractivity contribution in [3.8, 4) is 0 Å². The Labute approximate surface area is 123 Å². The van der Waals surface area contributed by atoms with Crippen molar-refractivity contribution in [1.82, 2.24) is 5.32 Å². The molecule has 0 bridgehead atoms. The number of benzene rings is 2. The van der Waals surface area contributed by atoms with Gasteiger partial charge in [0.05, 0.1) is 5.56 Å². The second kappa shape index (κ2) is 4.80. The number of carbonyl (C=O) groups is 1. The van der Waals surface area contributed by atoms with Crippen LogP contribution in [-0.2, 0) is 0 Å². The van der Waals surface area contributed by atoms with Gasteiger partial charge in [-0.1, -0.05) is 12.1 Å². The Hall–Kier alpha value is -1.63. The Morgan fingerprint density at radius 1 is 1.05 bits per heavy atom. The molecule has 96 valence electrons.